The van der Waals surface area contributed by atoms with Crippen LogP contribution in [-0.2, 0) is 24.8 Å². The predicted molar refractivity (Wildman–Crippen MR) is 76.7 cm³/mol. The molecule has 21 heavy (non-hydrogen) atoms. The number of aromatic nitrogens is 2. The van der Waals surface area contributed by atoms with E-state index in [9.17, 15) is 9.59 Å². The van der Waals surface area contributed by atoms with Crippen molar-refractivity contribution >= 4 is 12.0 Å². The van der Waals surface area contributed by atoms with Crippen molar-refractivity contribution in [1.29, 1.82) is 0 Å². The molecule has 2 heterocycles. The van der Waals surface area contributed by atoms with Gasteiger partial charge in [0.15, 0.2) is 0 Å². The summed E-state index contributed by atoms with van der Waals surface area (Å²) in [7, 11) is 1.86. The minimum absolute atomic E-state index is 0.0536. The summed E-state index contributed by atoms with van der Waals surface area (Å²) in [5.41, 5.74) is 2.00. The molecule has 0 spiro atoms. The van der Waals surface area contributed by atoms with Crippen molar-refractivity contribution in [3.63, 3.8) is 0 Å². The number of carboxylic acids is 1. The molecular weight excluding hydrogens is 272 g/mol. The van der Waals surface area contributed by atoms with Crippen LogP contribution in [0.2, 0.25) is 0 Å². The van der Waals surface area contributed by atoms with Gasteiger partial charge in [0, 0.05) is 44.4 Å². The Kier molecular flexibility index (Phi) is 4.50. The average molecular weight is 294 g/mol. The van der Waals surface area contributed by atoms with Crippen LogP contribution < -0.4 is 5.32 Å². The molecule has 0 saturated carbocycles. The molecule has 1 aromatic rings. The van der Waals surface area contributed by atoms with Gasteiger partial charge in [-0.2, -0.15) is 5.10 Å². The molecule has 0 aromatic carbocycles. The first-order valence-corrected chi connectivity index (χ1v) is 7.19. The van der Waals surface area contributed by atoms with Gasteiger partial charge in [0.2, 0.25) is 0 Å². The maximum absolute atomic E-state index is 12.0. The van der Waals surface area contributed by atoms with Crippen LogP contribution in [0.5, 0.6) is 0 Å². The number of hydrogen-bond donors (Lipinski definition) is 2. The number of rotatable bonds is 5. The molecule has 1 atom stereocenters. The largest absolute Gasteiger partial charge is 0.481 e. The molecule has 116 valence electrons. The number of aliphatic carboxylic acids is 1. The summed E-state index contributed by atoms with van der Waals surface area (Å²) < 4.78 is 1.74. The molecule has 2 rings (SSSR count). The van der Waals surface area contributed by atoms with Gasteiger partial charge in [-0.05, 0) is 6.42 Å². The third-order valence-corrected chi connectivity index (χ3v) is 4.05. The molecule has 1 aliphatic rings. The maximum Gasteiger partial charge on any atom is 0.317 e. The fourth-order valence-electron chi connectivity index (χ4n) is 2.51. The van der Waals surface area contributed by atoms with E-state index in [1.54, 1.807) is 16.5 Å². The van der Waals surface area contributed by atoms with Crippen LogP contribution in [-0.4, -0.2) is 44.9 Å². The fraction of sp³-hybridized carbons (Fsp3) is 0.643. The highest BCUT2D eigenvalue weighted by atomic mass is 16.4. The SMILES string of the molecule is CCc1nn(C)cc1CNC(=O)N1CC(C(C)C(=O)O)C1. The molecule has 2 amide bonds. The molecule has 7 heteroatoms. The summed E-state index contributed by atoms with van der Waals surface area (Å²) in [5.74, 6) is -1.15. The van der Waals surface area contributed by atoms with E-state index >= 15 is 0 Å². The fourth-order valence-corrected chi connectivity index (χ4v) is 2.51. The van der Waals surface area contributed by atoms with Crippen molar-refractivity contribution in [3.8, 4) is 0 Å². The van der Waals surface area contributed by atoms with E-state index < -0.39 is 11.9 Å². The second-order valence-electron chi connectivity index (χ2n) is 5.58. The minimum atomic E-state index is -0.803. The molecule has 1 unspecified atom stereocenters. The first-order chi connectivity index (χ1) is 9.92. The van der Waals surface area contributed by atoms with E-state index in [0.29, 0.717) is 19.6 Å². The van der Waals surface area contributed by atoms with Gasteiger partial charge in [-0.1, -0.05) is 13.8 Å². The standard InChI is InChI=1S/C14H22N4O3/c1-4-12-10(6-17(3)16-12)5-15-14(21)18-7-11(8-18)9(2)13(19)20/h6,9,11H,4-5,7-8H2,1-3H3,(H,15,21)(H,19,20). The number of amides is 2. The Morgan fingerprint density at radius 3 is 2.76 bits per heavy atom. The summed E-state index contributed by atoms with van der Waals surface area (Å²) in [6.45, 7) is 5.18. The number of carbonyl (C=O) groups excluding carboxylic acids is 1. The first kappa shape index (κ1) is 15.3. The van der Waals surface area contributed by atoms with Crippen molar-refractivity contribution < 1.29 is 14.7 Å². The van der Waals surface area contributed by atoms with Crippen LogP contribution in [0.3, 0.4) is 0 Å². The number of hydrogen-bond acceptors (Lipinski definition) is 3. The van der Waals surface area contributed by atoms with Crippen LogP contribution in [0.25, 0.3) is 0 Å². The third-order valence-electron chi connectivity index (χ3n) is 4.05. The lowest BCUT2D eigenvalue weighted by molar-refractivity contribution is -0.144. The van der Waals surface area contributed by atoms with Gasteiger partial charge in [0.25, 0.3) is 0 Å². The summed E-state index contributed by atoms with van der Waals surface area (Å²) in [6, 6.07) is -0.144. The second kappa shape index (κ2) is 6.15. The number of nitrogens with one attached hydrogen (secondary N) is 1. The zero-order chi connectivity index (χ0) is 15.6. The lowest BCUT2D eigenvalue weighted by atomic mass is 9.87. The monoisotopic (exact) mass is 294 g/mol. The predicted octanol–water partition coefficient (Wildman–Crippen LogP) is 0.845. The topological polar surface area (TPSA) is 87.5 Å². The first-order valence-electron chi connectivity index (χ1n) is 7.19. The van der Waals surface area contributed by atoms with Gasteiger partial charge in [-0.25, -0.2) is 4.79 Å². The zero-order valence-corrected chi connectivity index (χ0v) is 12.7. The molecule has 2 N–H and O–H groups in total. The van der Waals surface area contributed by atoms with Gasteiger partial charge in [0.05, 0.1) is 11.6 Å². The van der Waals surface area contributed by atoms with E-state index in [-0.39, 0.29) is 11.9 Å². The van der Waals surface area contributed by atoms with E-state index in [1.807, 2.05) is 20.2 Å². The van der Waals surface area contributed by atoms with E-state index in [0.717, 1.165) is 17.7 Å². The summed E-state index contributed by atoms with van der Waals surface area (Å²) in [4.78, 5) is 24.5. The number of carbonyl (C=O) groups is 2. The number of likely N-dealkylation sites (tertiary alicyclic amines) is 1. The van der Waals surface area contributed by atoms with Crippen LogP contribution >= 0.6 is 0 Å². The quantitative estimate of drug-likeness (QED) is 0.842. The van der Waals surface area contributed by atoms with E-state index in [2.05, 4.69) is 10.4 Å². The van der Waals surface area contributed by atoms with Gasteiger partial charge < -0.3 is 15.3 Å². The van der Waals surface area contributed by atoms with E-state index in [4.69, 9.17) is 5.11 Å². The Hall–Kier alpha value is -2.05. The van der Waals surface area contributed by atoms with Gasteiger partial charge in [-0.3, -0.25) is 9.48 Å². The van der Waals surface area contributed by atoms with E-state index in [1.165, 1.54) is 0 Å². The van der Waals surface area contributed by atoms with Crippen molar-refractivity contribution in [3.05, 3.63) is 17.5 Å². The normalized spacial score (nSPS) is 16.4. The number of carboxylic acid groups (broad SMARTS) is 1. The van der Waals surface area contributed by atoms with Crippen molar-refractivity contribution in [2.75, 3.05) is 13.1 Å². The third kappa shape index (κ3) is 3.34. The Balaban J connectivity index is 1.80. The lowest BCUT2D eigenvalue weighted by Gasteiger charge is -2.41. The average Bonchev–Trinajstić information content (AvgIpc) is 2.74. The molecule has 1 fully saturated rings. The molecule has 0 aliphatic carbocycles. The second-order valence-corrected chi connectivity index (χ2v) is 5.58. The van der Waals surface area contributed by atoms with Crippen molar-refractivity contribution in [2.24, 2.45) is 18.9 Å². The van der Waals surface area contributed by atoms with Crippen LogP contribution in [0.1, 0.15) is 25.1 Å². The van der Waals surface area contributed by atoms with Crippen LogP contribution in [0.15, 0.2) is 6.20 Å². The maximum atomic E-state index is 12.0. The molecule has 0 bridgehead atoms. The van der Waals surface area contributed by atoms with Crippen molar-refractivity contribution in [1.82, 2.24) is 20.0 Å². The molecule has 1 aromatic heterocycles. The minimum Gasteiger partial charge on any atom is -0.481 e. The summed E-state index contributed by atoms with van der Waals surface area (Å²) in [5, 5.41) is 16.1. The Morgan fingerprint density at radius 1 is 1.52 bits per heavy atom. The van der Waals surface area contributed by atoms with Crippen molar-refractivity contribution in [2.45, 2.75) is 26.8 Å². The van der Waals surface area contributed by atoms with Gasteiger partial charge in [-0.15, -0.1) is 0 Å². The van der Waals surface area contributed by atoms with Crippen LogP contribution in [0.4, 0.5) is 4.79 Å². The molecule has 7 nitrogen and oxygen atoms in total. The number of nitrogens with zero attached hydrogens (tertiary/aromatic N) is 3. The summed E-state index contributed by atoms with van der Waals surface area (Å²) >= 11 is 0. The Morgan fingerprint density at radius 2 is 2.19 bits per heavy atom. The molecule has 1 aliphatic heterocycles. The molecule has 0 radical (unpaired) electrons. The number of aryl methyl sites for hydroxylation is 2. The zero-order valence-electron chi connectivity index (χ0n) is 12.7. The van der Waals surface area contributed by atoms with Crippen LogP contribution in [0, 0.1) is 11.8 Å². The highest BCUT2D eigenvalue weighted by Crippen LogP contribution is 2.24. The summed E-state index contributed by atoms with van der Waals surface area (Å²) in [6.07, 6.45) is 2.73. The molecular formula is C14H22N4O3. The Labute approximate surface area is 123 Å². The lowest BCUT2D eigenvalue weighted by Crippen LogP contribution is -2.56. The smallest absolute Gasteiger partial charge is 0.317 e. The van der Waals surface area contributed by atoms with Gasteiger partial charge in [0.1, 0.15) is 0 Å². The highest BCUT2D eigenvalue weighted by molar-refractivity contribution is 5.76. The number of urea groups is 1. The van der Waals surface area contributed by atoms with Gasteiger partial charge >= 0.3 is 12.0 Å². The Bertz CT molecular complexity index is 534. The highest BCUT2D eigenvalue weighted by Gasteiger charge is 2.37. The molecule has 1 saturated heterocycles.